The molecule has 0 amide bonds. The van der Waals surface area contributed by atoms with Crippen molar-refractivity contribution in [2.24, 2.45) is 0 Å². The Labute approximate surface area is 126 Å². The van der Waals surface area contributed by atoms with Crippen LogP contribution >= 0.6 is 23.4 Å². The molecule has 1 atom stereocenters. The summed E-state index contributed by atoms with van der Waals surface area (Å²) in [6, 6.07) is 2.97. The fourth-order valence-corrected chi connectivity index (χ4v) is 4.95. The van der Waals surface area contributed by atoms with Gasteiger partial charge in [-0.25, -0.2) is 18.2 Å². The number of aromatic nitrogens is 1. The van der Waals surface area contributed by atoms with Crippen LogP contribution in [-0.4, -0.2) is 54.2 Å². The third-order valence-corrected chi connectivity index (χ3v) is 5.86. The van der Waals surface area contributed by atoms with Crippen molar-refractivity contribution in [1.29, 1.82) is 0 Å². The van der Waals surface area contributed by atoms with Crippen LogP contribution in [0.5, 0.6) is 0 Å². The van der Waals surface area contributed by atoms with Gasteiger partial charge in [0.15, 0.2) is 15.5 Å². The molecule has 1 aliphatic rings. The smallest absolute Gasteiger partial charge is 0.356 e. The molecule has 0 spiro atoms. The number of halogens is 1. The number of aromatic carboxylic acids is 1. The average molecular weight is 337 g/mol. The van der Waals surface area contributed by atoms with Crippen molar-refractivity contribution in [1.82, 2.24) is 4.98 Å². The highest BCUT2D eigenvalue weighted by molar-refractivity contribution is 8.01. The fraction of sp³-hybridized carbons (Fsp3) is 0.455. The van der Waals surface area contributed by atoms with Crippen molar-refractivity contribution in [3.8, 4) is 0 Å². The molecule has 0 aromatic carbocycles. The summed E-state index contributed by atoms with van der Waals surface area (Å²) in [6.45, 7) is 0.496. The lowest BCUT2D eigenvalue weighted by molar-refractivity contribution is 0.0691. The van der Waals surface area contributed by atoms with Crippen LogP contribution in [0, 0.1) is 0 Å². The number of carboxylic acids is 1. The van der Waals surface area contributed by atoms with E-state index in [2.05, 4.69) is 4.98 Å². The van der Waals surface area contributed by atoms with Crippen molar-refractivity contribution in [2.45, 2.75) is 5.37 Å². The zero-order valence-corrected chi connectivity index (χ0v) is 13.0. The van der Waals surface area contributed by atoms with Gasteiger partial charge in [-0.15, -0.1) is 0 Å². The molecule has 0 saturated carbocycles. The molecule has 1 aliphatic heterocycles. The van der Waals surface area contributed by atoms with E-state index in [1.165, 1.54) is 12.3 Å². The average Bonchev–Trinajstić information content (AvgIpc) is 2.38. The second-order valence-electron chi connectivity index (χ2n) is 4.36. The maximum absolute atomic E-state index is 11.8. The van der Waals surface area contributed by atoms with Crippen molar-refractivity contribution in [2.75, 3.05) is 29.2 Å². The van der Waals surface area contributed by atoms with Crippen LogP contribution < -0.4 is 4.90 Å². The highest BCUT2D eigenvalue weighted by Gasteiger charge is 2.32. The Morgan fingerprint density at radius 2 is 2.25 bits per heavy atom. The number of carbonyl (C=O) groups is 1. The summed E-state index contributed by atoms with van der Waals surface area (Å²) in [5, 5.41) is 8.36. The first-order valence-corrected chi connectivity index (χ1v) is 9.22. The summed E-state index contributed by atoms with van der Waals surface area (Å²) in [5.41, 5.74) is -0.269. The normalized spacial score (nSPS) is 19.9. The Hall–Kier alpha value is -0.990. The number of anilines is 1. The first-order valence-electron chi connectivity index (χ1n) is 5.74. The molecule has 1 saturated heterocycles. The quantitative estimate of drug-likeness (QED) is 0.891. The van der Waals surface area contributed by atoms with E-state index in [1.54, 1.807) is 22.7 Å². The van der Waals surface area contributed by atoms with Crippen molar-refractivity contribution in [3.63, 3.8) is 0 Å². The van der Waals surface area contributed by atoms with Crippen LogP contribution in [0.1, 0.15) is 10.5 Å². The van der Waals surface area contributed by atoms with Gasteiger partial charge in [-0.3, -0.25) is 0 Å². The van der Waals surface area contributed by atoms with Gasteiger partial charge in [-0.1, -0.05) is 11.6 Å². The van der Waals surface area contributed by atoms with Gasteiger partial charge in [-0.2, -0.15) is 11.8 Å². The predicted octanol–water partition coefficient (Wildman–Crippen LogP) is 1.36. The molecule has 9 heteroatoms. The summed E-state index contributed by atoms with van der Waals surface area (Å²) in [5.74, 6) is 0.284. The number of rotatable bonds is 3. The van der Waals surface area contributed by atoms with Crippen LogP contribution in [0.3, 0.4) is 0 Å². The molecule has 1 fully saturated rings. The first kappa shape index (κ1) is 15.4. The Bertz CT molecular complexity index is 635. The summed E-state index contributed by atoms with van der Waals surface area (Å²) in [6.07, 6.45) is 1.17. The molecule has 110 valence electrons. The van der Waals surface area contributed by atoms with Crippen LogP contribution in [0.4, 0.5) is 5.82 Å². The molecule has 2 heterocycles. The van der Waals surface area contributed by atoms with Gasteiger partial charge in [0.25, 0.3) is 0 Å². The third-order valence-electron chi connectivity index (χ3n) is 2.91. The zero-order valence-electron chi connectivity index (χ0n) is 10.6. The Morgan fingerprint density at radius 3 is 2.85 bits per heavy atom. The maximum atomic E-state index is 11.8. The molecule has 6 nitrogen and oxygen atoms in total. The second-order valence-corrected chi connectivity index (χ2v) is 8.12. The molecule has 2 rings (SSSR count). The van der Waals surface area contributed by atoms with Crippen LogP contribution in [0.2, 0.25) is 5.02 Å². The minimum Gasteiger partial charge on any atom is -0.476 e. The number of sulfone groups is 1. The van der Waals surface area contributed by atoms with Gasteiger partial charge < -0.3 is 10.0 Å². The number of carboxylic acid groups (broad SMARTS) is 1. The van der Waals surface area contributed by atoms with E-state index in [4.69, 9.17) is 16.7 Å². The summed E-state index contributed by atoms with van der Waals surface area (Å²) in [7, 11) is -3.28. The van der Waals surface area contributed by atoms with E-state index < -0.39 is 21.2 Å². The second kappa shape index (κ2) is 5.79. The number of hydrogen-bond acceptors (Lipinski definition) is 6. The minimum atomic E-state index is -3.28. The number of thioether (sulfide) groups is 1. The number of pyridine rings is 1. The Kier molecular flexibility index (Phi) is 4.46. The monoisotopic (exact) mass is 336 g/mol. The third kappa shape index (κ3) is 3.18. The fourth-order valence-electron chi connectivity index (χ4n) is 1.94. The lowest BCUT2D eigenvalue weighted by Gasteiger charge is -2.35. The van der Waals surface area contributed by atoms with Gasteiger partial charge in [0, 0.05) is 24.3 Å². The standard InChI is InChI=1S/C11H13ClN2O4S2/c1-20(17,18)9-6-19-5-4-14(9)8-3-2-7(12)10(13-8)11(15)16/h2-3,9H,4-6H2,1H3,(H,15,16). The molecule has 0 aliphatic carbocycles. The Morgan fingerprint density at radius 1 is 1.55 bits per heavy atom. The highest BCUT2D eigenvalue weighted by atomic mass is 35.5. The van der Waals surface area contributed by atoms with E-state index in [9.17, 15) is 13.2 Å². The van der Waals surface area contributed by atoms with E-state index in [0.29, 0.717) is 18.1 Å². The minimum absolute atomic E-state index is 0.0311. The molecule has 1 aromatic heterocycles. The van der Waals surface area contributed by atoms with E-state index >= 15 is 0 Å². The van der Waals surface area contributed by atoms with Gasteiger partial charge in [0.05, 0.1) is 5.02 Å². The van der Waals surface area contributed by atoms with E-state index in [0.717, 1.165) is 5.75 Å². The highest BCUT2D eigenvalue weighted by Crippen LogP contribution is 2.27. The van der Waals surface area contributed by atoms with Gasteiger partial charge >= 0.3 is 5.97 Å². The molecular weight excluding hydrogens is 324 g/mol. The van der Waals surface area contributed by atoms with E-state index in [-0.39, 0.29) is 10.7 Å². The van der Waals surface area contributed by atoms with Gasteiger partial charge in [0.1, 0.15) is 11.2 Å². The predicted molar refractivity (Wildman–Crippen MR) is 79.5 cm³/mol. The largest absolute Gasteiger partial charge is 0.476 e. The topological polar surface area (TPSA) is 87.6 Å². The lowest BCUT2D eigenvalue weighted by Crippen LogP contribution is -2.47. The molecule has 1 unspecified atom stereocenters. The SMILES string of the molecule is CS(=O)(=O)C1CSCCN1c1ccc(Cl)c(C(=O)O)n1. The molecule has 0 bridgehead atoms. The van der Waals surface area contributed by atoms with E-state index in [1.807, 2.05) is 0 Å². The molecule has 1 aromatic rings. The molecule has 1 N–H and O–H groups in total. The van der Waals surface area contributed by atoms with Gasteiger partial charge in [0.2, 0.25) is 0 Å². The van der Waals surface area contributed by atoms with Crippen molar-refractivity contribution in [3.05, 3.63) is 22.8 Å². The van der Waals surface area contributed by atoms with Crippen LogP contribution in [0.25, 0.3) is 0 Å². The van der Waals surface area contributed by atoms with Crippen LogP contribution in [0.15, 0.2) is 12.1 Å². The van der Waals surface area contributed by atoms with Gasteiger partial charge in [-0.05, 0) is 12.1 Å². The summed E-state index contributed by atoms with van der Waals surface area (Å²) >= 11 is 7.32. The molecule has 0 radical (unpaired) electrons. The van der Waals surface area contributed by atoms with Crippen molar-refractivity contribution < 1.29 is 18.3 Å². The molecular formula is C11H13ClN2O4S2. The lowest BCUT2D eigenvalue weighted by atomic mass is 10.3. The number of nitrogens with zero attached hydrogens (tertiary/aromatic N) is 2. The maximum Gasteiger partial charge on any atom is 0.356 e. The number of hydrogen-bond donors (Lipinski definition) is 1. The molecule has 20 heavy (non-hydrogen) atoms. The summed E-state index contributed by atoms with van der Waals surface area (Å²) in [4.78, 5) is 16.6. The zero-order chi connectivity index (χ0) is 14.9. The Balaban J connectivity index is 2.43. The van der Waals surface area contributed by atoms with Crippen molar-refractivity contribution >= 4 is 45.0 Å². The van der Waals surface area contributed by atoms with Crippen LogP contribution in [-0.2, 0) is 9.84 Å². The summed E-state index contributed by atoms with van der Waals surface area (Å²) < 4.78 is 23.7. The first-order chi connectivity index (χ1) is 9.30.